The summed E-state index contributed by atoms with van der Waals surface area (Å²) in [5.74, 6) is -0.337. The van der Waals surface area contributed by atoms with Crippen LogP contribution < -0.4 is 4.90 Å². The van der Waals surface area contributed by atoms with Crippen molar-refractivity contribution in [3.05, 3.63) is 126 Å². The van der Waals surface area contributed by atoms with Gasteiger partial charge in [0.05, 0.1) is 25.3 Å². The Morgan fingerprint density at radius 3 is 2.43 bits per heavy atom. The van der Waals surface area contributed by atoms with E-state index in [0.717, 1.165) is 27.7 Å². The van der Waals surface area contributed by atoms with Crippen LogP contribution in [0.3, 0.4) is 0 Å². The molecule has 0 N–H and O–H groups in total. The van der Waals surface area contributed by atoms with E-state index in [1.54, 1.807) is 24.5 Å². The minimum Gasteiger partial charge on any atom is -0.334 e. The van der Waals surface area contributed by atoms with Gasteiger partial charge in [-0.3, -0.25) is 9.59 Å². The summed E-state index contributed by atoms with van der Waals surface area (Å²) in [7, 11) is 1.97. The van der Waals surface area contributed by atoms with Gasteiger partial charge in [-0.15, -0.1) is 0 Å². The van der Waals surface area contributed by atoms with Gasteiger partial charge in [0.1, 0.15) is 0 Å². The third kappa shape index (κ3) is 5.41. The number of nitrogens with zero attached hydrogens (tertiary/aromatic N) is 3. The lowest BCUT2D eigenvalue weighted by atomic mass is 10.0. The van der Waals surface area contributed by atoms with Crippen LogP contribution in [-0.2, 0) is 18.4 Å². The summed E-state index contributed by atoms with van der Waals surface area (Å²) in [6.07, 6.45) is 5.00. The van der Waals surface area contributed by atoms with Crippen LogP contribution in [0, 0.1) is 0 Å². The van der Waals surface area contributed by atoms with E-state index in [4.69, 9.17) is 1.37 Å². The van der Waals surface area contributed by atoms with E-state index in [0.29, 0.717) is 16.8 Å². The first-order valence-electron chi connectivity index (χ1n) is 12.6. The second-order valence-corrected chi connectivity index (χ2v) is 8.89. The molecule has 5 nitrogen and oxygen atoms in total. The van der Waals surface area contributed by atoms with Crippen molar-refractivity contribution in [2.45, 2.75) is 13.4 Å². The fraction of sp³-hybridized carbons (Fsp3) is 0.0938. The summed E-state index contributed by atoms with van der Waals surface area (Å²) in [5.41, 5.74) is 6.55. The summed E-state index contributed by atoms with van der Waals surface area (Å²) >= 11 is 0. The van der Waals surface area contributed by atoms with Crippen LogP contribution in [0.25, 0.3) is 28.2 Å². The molecule has 0 aliphatic carbocycles. The number of aromatic nitrogens is 2. The molecular weight excluding hydrogens is 458 g/mol. The lowest BCUT2D eigenvalue weighted by molar-refractivity contribution is -0.112. The van der Waals surface area contributed by atoms with Crippen LogP contribution in [0.1, 0.15) is 29.8 Å². The summed E-state index contributed by atoms with van der Waals surface area (Å²) in [6.45, 7) is 0.505. The molecular formula is C32H27N3O2. The van der Waals surface area contributed by atoms with Crippen LogP contribution in [0.4, 0.5) is 5.69 Å². The van der Waals surface area contributed by atoms with Crippen LogP contribution in [0.2, 0.25) is 0 Å². The normalized spacial score (nSPS) is 12.4. The molecule has 5 aromatic rings. The first kappa shape index (κ1) is 22.7. The quantitative estimate of drug-likeness (QED) is 0.241. The predicted molar refractivity (Wildman–Crippen MR) is 149 cm³/mol. The highest BCUT2D eigenvalue weighted by molar-refractivity contribution is 6.06. The third-order valence-electron chi connectivity index (χ3n) is 6.15. The van der Waals surface area contributed by atoms with Crippen LogP contribution >= 0.6 is 0 Å². The van der Waals surface area contributed by atoms with E-state index in [1.807, 2.05) is 90.5 Å². The molecule has 1 aromatic heterocycles. The molecule has 0 saturated carbocycles. The lowest BCUT2D eigenvalue weighted by Gasteiger charge is -2.24. The molecule has 4 aromatic carbocycles. The Balaban J connectivity index is 1.50. The van der Waals surface area contributed by atoms with E-state index in [1.165, 1.54) is 17.9 Å². The Bertz CT molecular complexity index is 1640. The zero-order valence-electron chi connectivity index (χ0n) is 21.7. The topological polar surface area (TPSA) is 55.2 Å². The van der Waals surface area contributed by atoms with Gasteiger partial charge in [0, 0.05) is 18.3 Å². The van der Waals surface area contributed by atoms with E-state index in [2.05, 4.69) is 11.1 Å². The Hall–Kier alpha value is -4.77. The molecule has 1 heterocycles. The number of ketones is 1. The van der Waals surface area contributed by atoms with Crippen molar-refractivity contribution < 1.29 is 11.0 Å². The molecule has 1 atom stereocenters. The molecule has 0 radical (unpaired) electrons. The number of rotatable bonds is 7. The van der Waals surface area contributed by atoms with Gasteiger partial charge in [-0.1, -0.05) is 66.7 Å². The molecule has 5 rings (SSSR count). The van der Waals surface area contributed by atoms with Gasteiger partial charge in [0.15, 0.2) is 5.78 Å². The summed E-state index contributed by atoms with van der Waals surface area (Å²) in [6, 6.07) is 30.2. The number of hydrogen-bond donors (Lipinski definition) is 0. The van der Waals surface area contributed by atoms with Gasteiger partial charge in [-0.25, -0.2) is 4.98 Å². The smallest absolute Gasteiger partial charge is 0.258 e. The van der Waals surface area contributed by atoms with Crippen molar-refractivity contribution in [1.82, 2.24) is 9.55 Å². The summed E-state index contributed by atoms with van der Waals surface area (Å²) in [4.78, 5) is 31.0. The minimum absolute atomic E-state index is 0.0618. The molecule has 1 amide bonds. The van der Waals surface area contributed by atoms with Crippen molar-refractivity contribution in [2.75, 3.05) is 4.90 Å². The highest BCUT2D eigenvalue weighted by Gasteiger charge is 2.18. The lowest BCUT2D eigenvalue weighted by Crippen LogP contribution is -2.30. The SMILES string of the molecule is [2H]C(c1ccc(-c2ccc3c(c2)ncn3C)cc1)N(C(=O)c1ccccc1)c1cccc(/C=C/C(C)=O)c1. The maximum Gasteiger partial charge on any atom is 0.258 e. The van der Waals surface area contributed by atoms with Crippen molar-refractivity contribution in [3.8, 4) is 11.1 Å². The fourth-order valence-electron chi connectivity index (χ4n) is 4.19. The van der Waals surface area contributed by atoms with Gasteiger partial charge in [-0.2, -0.15) is 0 Å². The largest absolute Gasteiger partial charge is 0.334 e. The van der Waals surface area contributed by atoms with Gasteiger partial charge >= 0.3 is 0 Å². The third-order valence-corrected chi connectivity index (χ3v) is 6.15. The van der Waals surface area contributed by atoms with Gasteiger partial charge in [0.25, 0.3) is 5.91 Å². The van der Waals surface area contributed by atoms with Crippen LogP contribution in [0.15, 0.2) is 109 Å². The van der Waals surface area contributed by atoms with E-state index in [9.17, 15) is 9.59 Å². The average molecular weight is 487 g/mol. The Kier molecular flexibility index (Phi) is 6.41. The highest BCUT2D eigenvalue weighted by atomic mass is 16.2. The van der Waals surface area contributed by atoms with Crippen molar-refractivity contribution >= 4 is 34.5 Å². The Labute approximate surface area is 217 Å². The van der Waals surface area contributed by atoms with Crippen molar-refractivity contribution in [3.63, 3.8) is 0 Å². The number of amides is 1. The number of imidazole rings is 1. The second-order valence-electron chi connectivity index (χ2n) is 8.89. The molecule has 0 spiro atoms. The van der Waals surface area contributed by atoms with E-state index < -0.39 is 6.52 Å². The van der Waals surface area contributed by atoms with Crippen molar-refractivity contribution in [2.24, 2.45) is 7.05 Å². The van der Waals surface area contributed by atoms with Gasteiger partial charge < -0.3 is 9.47 Å². The number of carbonyl (C=O) groups excluding carboxylic acids is 2. The number of benzene rings is 4. The highest BCUT2D eigenvalue weighted by Crippen LogP contribution is 2.26. The molecule has 182 valence electrons. The van der Waals surface area contributed by atoms with E-state index >= 15 is 0 Å². The maximum absolute atomic E-state index is 13.7. The standard InChI is InChI=1S/C32H27N3O2/c1-23(36)11-12-24-7-6-10-29(19-24)35(32(37)27-8-4-3-5-9-27)21-25-13-15-26(16-14-25)28-17-18-31-30(20-28)33-22-34(31)2/h3-20,22H,21H2,1-2H3/b12-11+/i21D. The zero-order valence-corrected chi connectivity index (χ0v) is 20.7. The van der Waals surface area contributed by atoms with Crippen molar-refractivity contribution in [1.29, 1.82) is 0 Å². The van der Waals surface area contributed by atoms with Crippen LogP contribution in [0.5, 0.6) is 0 Å². The molecule has 0 fully saturated rings. The molecule has 0 saturated heterocycles. The second kappa shape index (κ2) is 10.5. The monoisotopic (exact) mass is 486 g/mol. The van der Waals surface area contributed by atoms with E-state index in [-0.39, 0.29) is 11.7 Å². The fourth-order valence-corrected chi connectivity index (χ4v) is 4.19. The average Bonchev–Trinajstić information content (AvgIpc) is 3.32. The molecule has 37 heavy (non-hydrogen) atoms. The number of carbonyl (C=O) groups is 2. The molecule has 5 heteroatoms. The number of fused-ring (bicyclic) bond motifs is 1. The number of allylic oxidation sites excluding steroid dienone is 1. The minimum atomic E-state index is -0.984. The van der Waals surface area contributed by atoms with Gasteiger partial charge in [-0.05, 0) is 71.7 Å². The molecule has 0 aliphatic rings. The number of hydrogen-bond acceptors (Lipinski definition) is 3. The zero-order chi connectivity index (χ0) is 26.6. The maximum atomic E-state index is 13.7. The van der Waals surface area contributed by atoms with Gasteiger partial charge in [0.2, 0.25) is 0 Å². The first-order valence-corrected chi connectivity index (χ1v) is 12.0. The Morgan fingerprint density at radius 2 is 1.68 bits per heavy atom. The predicted octanol–water partition coefficient (Wildman–Crippen LogP) is 6.69. The number of anilines is 1. The molecule has 0 bridgehead atoms. The molecule has 0 aliphatic heterocycles. The first-order chi connectivity index (χ1) is 18.4. The summed E-state index contributed by atoms with van der Waals surface area (Å²) in [5, 5.41) is 0. The van der Waals surface area contributed by atoms with Crippen LogP contribution in [-0.4, -0.2) is 21.2 Å². The molecule has 1 unspecified atom stereocenters. The Morgan fingerprint density at radius 1 is 0.919 bits per heavy atom. The summed E-state index contributed by atoms with van der Waals surface area (Å²) < 4.78 is 11.1. The number of aryl methyl sites for hydroxylation is 1.